The second-order valence-electron chi connectivity index (χ2n) is 12.6. The summed E-state index contributed by atoms with van der Waals surface area (Å²) < 4.78 is 18.0. The normalized spacial score (nSPS) is 19.9. The Bertz CT molecular complexity index is 972. The Balaban J connectivity index is 1.75. The lowest BCUT2D eigenvalue weighted by molar-refractivity contribution is -0.134. The summed E-state index contributed by atoms with van der Waals surface area (Å²) in [6.45, 7) is 14.4. The molecule has 1 aromatic carbocycles. The van der Waals surface area contributed by atoms with Crippen LogP contribution in [-0.2, 0) is 30.1 Å². The first-order chi connectivity index (χ1) is 18.2. The molecule has 2 atom stereocenters. The molecule has 2 saturated heterocycles. The number of hydrogen-bond acceptors (Lipinski definition) is 6. The van der Waals surface area contributed by atoms with Gasteiger partial charge in [0.05, 0.1) is 23.6 Å². The molecule has 0 saturated carbocycles. The Hall–Kier alpha value is -2.59. The summed E-state index contributed by atoms with van der Waals surface area (Å²) in [6, 6.07) is 9.06. The largest absolute Gasteiger partial charge is 0.481 e. The maximum atomic E-state index is 13.7. The molecule has 216 valence electrons. The maximum absolute atomic E-state index is 13.7. The molecule has 39 heavy (non-hydrogen) atoms. The molecule has 9 nitrogen and oxygen atoms in total. The van der Waals surface area contributed by atoms with E-state index in [2.05, 4.69) is 22.8 Å². The molecule has 2 fully saturated rings. The predicted molar refractivity (Wildman–Crippen MR) is 151 cm³/mol. The second-order valence-corrected chi connectivity index (χ2v) is 12.6. The van der Waals surface area contributed by atoms with Crippen LogP contribution in [0, 0.1) is 0 Å². The third-order valence-corrected chi connectivity index (χ3v) is 7.60. The zero-order valence-electron chi connectivity index (χ0n) is 24.7. The van der Waals surface area contributed by atoms with Gasteiger partial charge in [0.2, 0.25) is 11.8 Å². The number of rotatable bonds is 10. The maximum Gasteiger partial charge on any atom is 0.481 e. The molecule has 2 aliphatic heterocycles. The van der Waals surface area contributed by atoms with Gasteiger partial charge in [0.15, 0.2) is 0 Å². The van der Waals surface area contributed by atoms with Crippen LogP contribution in [0.5, 0.6) is 0 Å². The standard InChI is InChI=1S/C29H46BN3O6/c1-27(2,3)37-26(36)31-22(20-24(34)33-18-11-12-19-33)25(35)32-23(17-13-16-21-14-9-8-10-15-21)30-38-28(4,5)29(6,7)39-30/h8-10,14-15,22-23H,11-13,16-20H2,1-7H3,(H,31,36)(H,32,35)/t22-,23+/m1/s1. The van der Waals surface area contributed by atoms with Crippen molar-refractivity contribution >= 4 is 25.0 Å². The van der Waals surface area contributed by atoms with Crippen molar-refractivity contribution < 1.29 is 28.4 Å². The summed E-state index contributed by atoms with van der Waals surface area (Å²) in [5.41, 5.74) is -0.677. The summed E-state index contributed by atoms with van der Waals surface area (Å²) in [5, 5.41) is 5.69. The molecule has 0 bridgehead atoms. The highest BCUT2D eigenvalue weighted by Gasteiger charge is 2.54. The Morgan fingerprint density at radius 1 is 1.00 bits per heavy atom. The first kappa shape index (κ1) is 30.9. The van der Waals surface area contributed by atoms with E-state index in [-0.39, 0.29) is 12.3 Å². The fraction of sp³-hybridized carbons (Fsp3) is 0.690. The Labute approximate surface area is 233 Å². The minimum Gasteiger partial charge on any atom is -0.444 e. The Morgan fingerprint density at radius 3 is 2.15 bits per heavy atom. The second kappa shape index (κ2) is 12.7. The first-order valence-corrected chi connectivity index (χ1v) is 14.1. The number of nitrogens with one attached hydrogen (secondary N) is 2. The molecule has 0 aromatic heterocycles. The summed E-state index contributed by atoms with van der Waals surface area (Å²) in [6.07, 6.45) is 3.20. The summed E-state index contributed by atoms with van der Waals surface area (Å²) >= 11 is 0. The SMILES string of the molecule is CC(C)(C)OC(=O)N[C@H](CC(=O)N1CCCC1)C(=O)N[C@@H](CCCc1ccccc1)B1OC(C)(C)C(C)(C)O1. The minimum atomic E-state index is -1.09. The van der Waals surface area contributed by atoms with Gasteiger partial charge in [-0.25, -0.2) is 4.79 Å². The number of carbonyl (C=O) groups is 3. The molecule has 1 aromatic rings. The van der Waals surface area contributed by atoms with E-state index in [0.717, 1.165) is 25.7 Å². The van der Waals surface area contributed by atoms with E-state index < -0.39 is 47.9 Å². The molecule has 0 spiro atoms. The lowest BCUT2D eigenvalue weighted by Gasteiger charge is -2.32. The monoisotopic (exact) mass is 543 g/mol. The van der Waals surface area contributed by atoms with Crippen LogP contribution in [0.3, 0.4) is 0 Å². The van der Waals surface area contributed by atoms with Gasteiger partial charge in [0.1, 0.15) is 11.6 Å². The number of ether oxygens (including phenoxy) is 1. The van der Waals surface area contributed by atoms with Crippen molar-refractivity contribution in [2.45, 2.75) is 116 Å². The van der Waals surface area contributed by atoms with Crippen molar-refractivity contribution in [3.63, 3.8) is 0 Å². The van der Waals surface area contributed by atoms with Crippen LogP contribution in [0.15, 0.2) is 30.3 Å². The van der Waals surface area contributed by atoms with Gasteiger partial charge in [0.25, 0.3) is 0 Å². The molecule has 2 aliphatic rings. The highest BCUT2D eigenvalue weighted by Crippen LogP contribution is 2.38. The minimum absolute atomic E-state index is 0.148. The van der Waals surface area contributed by atoms with E-state index in [9.17, 15) is 14.4 Å². The number of amides is 3. The number of aryl methyl sites for hydroxylation is 1. The fourth-order valence-corrected chi connectivity index (χ4v) is 4.71. The molecular weight excluding hydrogens is 497 g/mol. The zero-order valence-corrected chi connectivity index (χ0v) is 24.7. The quantitative estimate of drug-likeness (QED) is 0.432. The van der Waals surface area contributed by atoms with E-state index in [1.807, 2.05) is 45.9 Å². The third kappa shape index (κ3) is 8.96. The topological polar surface area (TPSA) is 106 Å². The average Bonchev–Trinajstić information content (AvgIpc) is 3.43. The summed E-state index contributed by atoms with van der Waals surface area (Å²) in [7, 11) is -0.675. The van der Waals surface area contributed by atoms with Crippen LogP contribution in [0.1, 0.15) is 86.1 Å². The predicted octanol–water partition coefficient (Wildman–Crippen LogP) is 4.03. The molecule has 0 radical (unpaired) electrons. The van der Waals surface area contributed by atoms with Crippen molar-refractivity contribution in [2.75, 3.05) is 13.1 Å². The van der Waals surface area contributed by atoms with Crippen LogP contribution in [-0.4, -0.2) is 71.8 Å². The molecule has 0 unspecified atom stereocenters. The van der Waals surface area contributed by atoms with Crippen LogP contribution in [0.4, 0.5) is 4.79 Å². The molecule has 3 rings (SSSR count). The van der Waals surface area contributed by atoms with Crippen molar-refractivity contribution in [3.05, 3.63) is 35.9 Å². The van der Waals surface area contributed by atoms with Gasteiger partial charge in [-0.1, -0.05) is 30.3 Å². The lowest BCUT2D eigenvalue weighted by Crippen LogP contribution is -2.56. The molecule has 3 amide bonds. The van der Waals surface area contributed by atoms with Gasteiger partial charge >= 0.3 is 13.2 Å². The van der Waals surface area contributed by atoms with Gasteiger partial charge in [-0.3, -0.25) is 9.59 Å². The van der Waals surface area contributed by atoms with Gasteiger partial charge in [0, 0.05) is 13.1 Å². The van der Waals surface area contributed by atoms with Crippen molar-refractivity contribution in [2.24, 2.45) is 0 Å². The number of benzene rings is 1. The average molecular weight is 544 g/mol. The van der Waals surface area contributed by atoms with E-state index >= 15 is 0 Å². The van der Waals surface area contributed by atoms with Gasteiger partial charge in [-0.2, -0.15) is 0 Å². The smallest absolute Gasteiger partial charge is 0.444 e. The molecule has 2 N–H and O–H groups in total. The first-order valence-electron chi connectivity index (χ1n) is 14.1. The molecule has 2 heterocycles. The van der Waals surface area contributed by atoms with E-state index in [0.29, 0.717) is 19.5 Å². The van der Waals surface area contributed by atoms with E-state index in [1.165, 1.54) is 5.56 Å². The fourth-order valence-electron chi connectivity index (χ4n) is 4.71. The lowest BCUT2D eigenvalue weighted by atomic mass is 9.75. The Kier molecular flexibility index (Phi) is 10.1. The van der Waals surface area contributed by atoms with E-state index in [1.54, 1.807) is 25.7 Å². The van der Waals surface area contributed by atoms with Gasteiger partial charge in [-0.05, 0) is 86.1 Å². The zero-order chi connectivity index (χ0) is 28.8. The number of likely N-dealkylation sites (tertiary alicyclic amines) is 1. The van der Waals surface area contributed by atoms with Gasteiger partial charge in [-0.15, -0.1) is 0 Å². The van der Waals surface area contributed by atoms with Crippen molar-refractivity contribution in [3.8, 4) is 0 Å². The van der Waals surface area contributed by atoms with Crippen LogP contribution in [0.25, 0.3) is 0 Å². The molecule has 0 aliphatic carbocycles. The van der Waals surface area contributed by atoms with Crippen LogP contribution < -0.4 is 10.6 Å². The van der Waals surface area contributed by atoms with Crippen LogP contribution in [0.2, 0.25) is 0 Å². The van der Waals surface area contributed by atoms with Crippen molar-refractivity contribution in [1.82, 2.24) is 15.5 Å². The number of nitrogens with zero attached hydrogens (tertiary/aromatic N) is 1. The third-order valence-electron chi connectivity index (χ3n) is 7.60. The molecular formula is C29H46BN3O6. The highest BCUT2D eigenvalue weighted by atomic mass is 16.7. The summed E-state index contributed by atoms with van der Waals surface area (Å²) in [4.78, 5) is 41.0. The van der Waals surface area contributed by atoms with Gasteiger partial charge < -0.3 is 29.6 Å². The van der Waals surface area contributed by atoms with Crippen LogP contribution >= 0.6 is 0 Å². The Morgan fingerprint density at radius 2 is 1.59 bits per heavy atom. The molecule has 10 heteroatoms. The van der Waals surface area contributed by atoms with Crippen molar-refractivity contribution in [1.29, 1.82) is 0 Å². The highest BCUT2D eigenvalue weighted by molar-refractivity contribution is 6.48. The summed E-state index contributed by atoms with van der Waals surface area (Å²) in [5.74, 6) is -1.11. The number of hydrogen-bond donors (Lipinski definition) is 2. The number of carbonyl (C=O) groups excluding carboxylic acids is 3. The van der Waals surface area contributed by atoms with E-state index in [4.69, 9.17) is 14.0 Å². The number of alkyl carbamates (subject to hydrolysis) is 1.